The van der Waals surface area contributed by atoms with Crippen molar-refractivity contribution < 1.29 is 4.79 Å². The summed E-state index contributed by atoms with van der Waals surface area (Å²) in [6.45, 7) is 3.66. The summed E-state index contributed by atoms with van der Waals surface area (Å²) < 4.78 is 0. The number of nitrogens with two attached hydrogens (primary N) is 1. The van der Waals surface area contributed by atoms with E-state index in [-0.39, 0.29) is 5.91 Å². The van der Waals surface area contributed by atoms with Crippen molar-refractivity contribution in [1.29, 1.82) is 0 Å². The lowest BCUT2D eigenvalue weighted by Gasteiger charge is -2.05. The highest BCUT2D eigenvalue weighted by Crippen LogP contribution is 2.13. The molecule has 0 rings (SSSR count). The molecule has 144 valence electrons. The quantitative estimate of drug-likeness (QED) is 0.296. The van der Waals surface area contributed by atoms with Gasteiger partial charge in [0.1, 0.15) is 0 Å². The molecule has 0 spiro atoms. The lowest BCUT2D eigenvalue weighted by Crippen LogP contribution is -2.25. The van der Waals surface area contributed by atoms with E-state index >= 15 is 0 Å². The summed E-state index contributed by atoms with van der Waals surface area (Å²) in [7, 11) is 0. The molecule has 0 unspecified atom stereocenters. The smallest absolute Gasteiger partial charge is 0.219 e. The Hall–Kier alpha value is -0.570. The molecular weight excluding hydrogens is 296 g/mol. The van der Waals surface area contributed by atoms with Crippen molar-refractivity contribution in [2.24, 2.45) is 5.73 Å². The highest BCUT2D eigenvalue weighted by atomic mass is 16.1. The third-order valence-corrected chi connectivity index (χ3v) is 4.71. The number of hydrogen-bond acceptors (Lipinski definition) is 2. The van der Waals surface area contributed by atoms with Gasteiger partial charge in [0.15, 0.2) is 0 Å². The zero-order valence-corrected chi connectivity index (χ0v) is 16.4. The summed E-state index contributed by atoms with van der Waals surface area (Å²) in [6.07, 6.45) is 22.0. The number of amides is 1. The Labute approximate surface area is 151 Å². The minimum atomic E-state index is 0.193. The van der Waals surface area contributed by atoms with Crippen molar-refractivity contribution in [3.8, 4) is 0 Å². The molecule has 0 radical (unpaired) electrons. The first kappa shape index (κ1) is 23.4. The van der Waals surface area contributed by atoms with E-state index in [9.17, 15) is 4.79 Å². The van der Waals surface area contributed by atoms with Crippen molar-refractivity contribution in [2.75, 3.05) is 13.1 Å². The number of carbonyl (C=O) groups is 1. The molecule has 24 heavy (non-hydrogen) atoms. The maximum Gasteiger partial charge on any atom is 0.219 e. The number of hydrogen-bond donors (Lipinski definition) is 2. The maximum atomic E-state index is 11.5. The van der Waals surface area contributed by atoms with Gasteiger partial charge in [-0.25, -0.2) is 0 Å². The van der Waals surface area contributed by atoms with Gasteiger partial charge in [-0.2, -0.15) is 0 Å². The van der Waals surface area contributed by atoms with Crippen molar-refractivity contribution in [2.45, 2.75) is 116 Å². The molecule has 0 fully saturated rings. The molecule has 0 atom stereocenters. The van der Waals surface area contributed by atoms with E-state index in [4.69, 9.17) is 5.73 Å². The highest BCUT2D eigenvalue weighted by Gasteiger charge is 2.00. The molecular formula is C21H44N2O. The normalized spacial score (nSPS) is 10.9. The Morgan fingerprint density at radius 1 is 0.667 bits per heavy atom. The molecule has 0 aliphatic carbocycles. The van der Waals surface area contributed by atoms with Crippen LogP contribution in [0.25, 0.3) is 0 Å². The molecule has 0 saturated carbocycles. The summed E-state index contributed by atoms with van der Waals surface area (Å²) in [5.74, 6) is 0.193. The minimum Gasteiger partial charge on any atom is -0.356 e. The number of nitrogens with one attached hydrogen (secondary N) is 1. The van der Waals surface area contributed by atoms with E-state index < -0.39 is 0 Å². The van der Waals surface area contributed by atoms with Crippen LogP contribution in [-0.2, 0) is 4.79 Å². The van der Waals surface area contributed by atoms with Crippen LogP contribution in [0, 0.1) is 0 Å². The summed E-state index contributed by atoms with van der Waals surface area (Å²) in [4.78, 5) is 11.5. The maximum absolute atomic E-state index is 11.5. The first-order chi connectivity index (χ1) is 11.8. The van der Waals surface area contributed by atoms with Gasteiger partial charge in [-0.05, 0) is 19.4 Å². The van der Waals surface area contributed by atoms with Gasteiger partial charge in [-0.3, -0.25) is 4.79 Å². The third-order valence-electron chi connectivity index (χ3n) is 4.71. The third kappa shape index (κ3) is 19.5. The van der Waals surface area contributed by atoms with Gasteiger partial charge in [0.25, 0.3) is 0 Å². The molecule has 0 aromatic heterocycles. The summed E-state index contributed by atoms with van der Waals surface area (Å²) in [6, 6.07) is 0. The summed E-state index contributed by atoms with van der Waals surface area (Å²) in [5, 5.41) is 2.91. The van der Waals surface area contributed by atoms with E-state index in [2.05, 4.69) is 12.2 Å². The lowest BCUT2D eigenvalue weighted by molar-refractivity contribution is -0.121. The van der Waals surface area contributed by atoms with Gasteiger partial charge in [-0.1, -0.05) is 96.8 Å². The van der Waals surface area contributed by atoms with Crippen molar-refractivity contribution in [3.05, 3.63) is 0 Å². The average Bonchev–Trinajstić information content (AvgIpc) is 2.58. The van der Waals surface area contributed by atoms with Gasteiger partial charge < -0.3 is 11.1 Å². The molecule has 0 aromatic rings. The van der Waals surface area contributed by atoms with E-state index in [0.717, 1.165) is 19.4 Å². The monoisotopic (exact) mass is 340 g/mol. The van der Waals surface area contributed by atoms with Crippen LogP contribution >= 0.6 is 0 Å². The van der Waals surface area contributed by atoms with Gasteiger partial charge in [0.2, 0.25) is 5.91 Å². The van der Waals surface area contributed by atoms with E-state index in [0.29, 0.717) is 13.0 Å². The second kappa shape index (κ2) is 20.5. The second-order valence-corrected chi connectivity index (χ2v) is 7.19. The molecule has 0 aliphatic rings. The molecule has 1 amide bonds. The fourth-order valence-corrected chi connectivity index (χ4v) is 3.08. The fourth-order valence-electron chi connectivity index (χ4n) is 3.08. The van der Waals surface area contributed by atoms with Gasteiger partial charge >= 0.3 is 0 Å². The molecule has 0 aliphatic heterocycles. The predicted octanol–water partition coefficient (Wildman–Crippen LogP) is 5.71. The molecule has 3 nitrogen and oxygen atoms in total. The van der Waals surface area contributed by atoms with Crippen LogP contribution < -0.4 is 11.1 Å². The average molecular weight is 341 g/mol. The Morgan fingerprint density at radius 3 is 1.50 bits per heavy atom. The van der Waals surface area contributed by atoms with Crippen LogP contribution in [0.1, 0.15) is 116 Å². The van der Waals surface area contributed by atoms with Crippen molar-refractivity contribution in [3.63, 3.8) is 0 Å². The fraction of sp³-hybridized carbons (Fsp3) is 0.952. The SMILES string of the molecule is CCCCCCCCCCCCCCCCCC(=O)NCCCN. The lowest BCUT2D eigenvalue weighted by atomic mass is 10.0. The number of carbonyl (C=O) groups excluding carboxylic acids is 1. The van der Waals surface area contributed by atoms with Crippen molar-refractivity contribution >= 4 is 5.91 Å². The van der Waals surface area contributed by atoms with Crippen LogP contribution in [0.2, 0.25) is 0 Å². The number of rotatable bonds is 19. The standard InChI is InChI=1S/C21H44N2O/c1-2-3-4-5-6-7-8-9-10-11-12-13-14-15-16-18-21(24)23-20-17-19-22/h2-20,22H2,1H3,(H,23,24). The van der Waals surface area contributed by atoms with E-state index in [1.807, 2.05) is 0 Å². The van der Waals surface area contributed by atoms with E-state index in [1.54, 1.807) is 0 Å². The second-order valence-electron chi connectivity index (χ2n) is 7.19. The Balaban J connectivity index is 3.06. The molecule has 3 N–H and O–H groups in total. The first-order valence-electron chi connectivity index (χ1n) is 10.8. The zero-order valence-electron chi connectivity index (χ0n) is 16.4. The van der Waals surface area contributed by atoms with E-state index in [1.165, 1.54) is 89.9 Å². The summed E-state index contributed by atoms with van der Waals surface area (Å²) >= 11 is 0. The molecule has 0 bridgehead atoms. The molecule has 3 heteroatoms. The van der Waals surface area contributed by atoms with Crippen LogP contribution in [-0.4, -0.2) is 19.0 Å². The molecule has 0 heterocycles. The largest absolute Gasteiger partial charge is 0.356 e. The zero-order chi connectivity index (χ0) is 17.7. The molecule has 0 aromatic carbocycles. The number of unbranched alkanes of at least 4 members (excludes halogenated alkanes) is 14. The minimum absolute atomic E-state index is 0.193. The predicted molar refractivity (Wildman–Crippen MR) is 106 cm³/mol. The van der Waals surface area contributed by atoms with Crippen molar-refractivity contribution in [1.82, 2.24) is 5.32 Å². The van der Waals surface area contributed by atoms with Gasteiger partial charge in [0.05, 0.1) is 0 Å². The Bertz CT molecular complexity index is 256. The summed E-state index contributed by atoms with van der Waals surface area (Å²) in [5.41, 5.74) is 5.40. The van der Waals surface area contributed by atoms with Gasteiger partial charge in [-0.15, -0.1) is 0 Å². The first-order valence-corrected chi connectivity index (χ1v) is 10.8. The highest BCUT2D eigenvalue weighted by molar-refractivity contribution is 5.75. The van der Waals surface area contributed by atoms with Crippen LogP contribution in [0.5, 0.6) is 0 Å². The topological polar surface area (TPSA) is 55.1 Å². The van der Waals surface area contributed by atoms with Crippen LogP contribution in [0.3, 0.4) is 0 Å². The Kier molecular flexibility index (Phi) is 20.0. The van der Waals surface area contributed by atoms with Crippen LogP contribution in [0.15, 0.2) is 0 Å². The Morgan fingerprint density at radius 2 is 1.08 bits per heavy atom. The van der Waals surface area contributed by atoms with Crippen LogP contribution in [0.4, 0.5) is 0 Å². The molecule has 0 saturated heterocycles. The van der Waals surface area contributed by atoms with Gasteiger partial charge in [0, 0.05) is 13.0 Å².